The lowest BCUT2D eigenvalue weighted by atomic mass is 10.1. The standard InChI is InChI=1S/C20H29N7O3/c21-19-18(20(28)29)25-17(12-23-19)14-11-24-27(13-14)15-3-7-26(8-4-15)9-10-30-16-1-5-22-6-2-16/h11-13,15-16,22H,1-10H2,(H2,21,23)(H,28,29). The first kappa shape index (κ1) is 20.7. The Morgan fingerprint density at radius 2 is 2.00 bits per heavy atom. The number of hydrogen-bond acceptors (Lipinski definition) is 8. The molecule has 2 aliphatic heterocycles. The molecule has 0 unspecified atom stereocenters. The van der Waals surface area contributed by atoms with Crippen LogP contribution in [0, 0.1) is 0 Å². The number of nitrogens with one attached hydrogen (secondary N) is 1. The molecule has 0 bridgehead atoms. The highest BCUT2D eigenvalue weighted by molar-refractivity contribution is 5.90. The third-order valence-corrected chi connectivity index (χ3v) is 5.88. The van der Waals surface area contributed by atoms with E-state index in [9.17, 15) is 9.90 Å². The average Bonchev–Trinajstić information content (AvgIpc) is 3.25. The van der Waals surface area contributed by atoms with E-state index in [0.29, 0.717) is 17.8 Å². The van der Waals surface area contributed by atoms with Crippen molar-refractivity contribution in [1.29, 1.82) is 0 Å². The molecule has 0 aliphatic carbocycles. The molecule has 2 aromatic rings. The van der Waals surface area contributed by atoms with Crippen molar-refractivity contribution < 1.29 is 14.6 Å². The molecule has 0 atom stereocenters. The second-order valence-corrected chi connectivity index (χ2v) is 7.90. The van der Waals surface area contributed by atoms with Crippen LogP contribution < -0.4 is 11.1 Å². The third kappa shape index (κ3) is 4.94. The minimum Gasteiger partial charge on any atom is -0.476 e. The van der Waals surface area contributed by atoms with Gasteiger partial charge in [-0.2, -0.15) is 5.10 Å². The number of carbonyl (C=O) groups is 1. The van der Waals surface area contributed by atoms with E-state index in [1.165, 1.54) is 6.20 Å². The van der Waals surface area contributed by atoms with Gasteiger partial charge in [-0.1, -0.05) is 0 Å². The molecule has 30 heavy (non-hydrogen) atoms. The van der Waals surface area contributed by atoms with Gasteiger partial charge < -0.3 is 25.8 Å². The van der Waals surface area contributed by atoms with E-state index in [1.54, 1.807) is 6.20 Å². The van der Waals surface area contributed by atoms with Crippen LogP contribution in [0.15, 0.2) is 18.6 Å². The number of nitrogen functional groups attached to an aromatic ring is 1. The van der Waals surface area contributed by atoms with Crippen molar-refractivity contribution >= 4 is 11.8 Å². The van der Waals surface area contributed by atoms with Crippen molar-refractivity contribution in [3.8, 4) is 11.3 Å². The van der Waals surface area contributed by atoms with E-state index >= 15 is 0 Å². The van der Waals surface area contributed by atoms with Crippen LogP contribution in [-0.2, 0) is 4.74 Å². The molecule has 0 saturated carbocycles. The summed E-state index contributed by atoms with van der Waals surface area (Å²) in [5, 5.41) is 17.0. The molecule has 2 aliphatic rings. The summed E-state index contributed by atoms with van der Waals surface area (Å²) in [4.78, 5) is 21.7. The van der Waals surface area contributed by atoms with Gasteiger partial charge in [-0.3, -0.25) is 4.68 Å². The van der Waals surface area contributed by atoms with Gasteiger partial charge in [-0.05, 0) is 38.8 Å². The van der Waals surface area contributed by atoms with E-state index in [2.05, 4.69) is 25.3 Å². The highest BCUT2D eigenvalue weighted by Gasteiger charge is 2.22. The molecule has 2 fully saturated rings. The predicted molar refractivity (Wildman–Crippen MR) is 111 cm³/mol. The molecular weight excluding hydrogens is 386 g/mol. The Labute approximate surface area is 175 Å². The minimum atomic E-state index is -1.19. The number of hydrogen-bond donors (Lipinski definition) is 3. The second kappa shape index (κ2) is 9.50. The van der Waals surface area contributed by atoms with Crippen LogP contribution >= 0.6 is 0 Å². The number of aromatic carboxylic acids is 1. The van der Waals surface area contributed by atoms with Crippen LogP contribution in [-0.4, -0.2) is 81.2 Å². The van der Waals surface area contributed by atoms with Gasteiger partial charge in [0.05, 0.1) is 36.8 Å². The maximum Gasteiger partial charge on any atom is 0.358 e. The summed E-state index contributed by atoms with van der Waals surface area (Å²) in [6, 6.07) is 0.320. The van der Waals surface area contributed by atoms with Crippen LogP contribution in [0.5, 0.6) is 0 Å². The van der Waals surface area contributed by atoms with Gasteiger partial charge in [-0.15, -0.1) is 0 Å². The number of piperidine rings is 2. The zero-order chi connectivity index (χ0) is 20.9. The van der Waals surface area contributed by atoms with Crippen LogP contribution in [0.25, 0.3) is 11.3 Å². The summed E-state index contributed by atoms with van der Waals surface area (Å²) in [7, 11) is 0. The summed E-state index contributed by atoms with van der Waals surface area (Å²) in [6.07, 6.45) is 9.74. The Bertz CT molecular complexity index is 858. The first-order valence-electron chi connectivity index (χ1n) is 10.5. The molecule has 4 rings (SSSR count). The van der Waals surface area contributed by atoms with Gasteiger partial charge in [0, 0.05) is 31.4 Å². The Kier molecular flexibility index (Phi) is 6.56. The normalized spacial score (nSPS) is 19.2. The van der Waals surface area contributed by atoms with Crippen molar-refractivity contribution in [2.75, 3.05) is 45.1 Å². The number of carboxylic acid groups (broad SMARTS) is 1. The van der Waals surface area contributed by atoms with Crippen LogP contribution in [0.4, 0.5) is 5.82 Å². The van der Waals surface area contributed by atoms with Gasteiger partial charge in [0.1, 0.15) is 0 Å². The fraction of sp³-hybridized carbons (Fsp3) is 0.600. The van der Waals surface area contributed by atoms with Crippen LogP contribution in [0.3, 0.4) is 0 Å². The molecule has 4 N–H and O–H groups in total. The zero-order valence-electron chi connectivity index (χ0n) is 17.0. The maximum absolute atomic E-state index is 11.2. The molecule has 162 valence electrons. The highest BCUT2D eigenvalue weighted by Crippen LogP contribution is 2.25. The molecular formula is C20H29N7O3. The number of nitrogens with zero attached hydrogens (tertiary/aromatic N) is 5. The molecule has 0 aromatic carbocycles. The lowest BCUT2D eigenvalue weighted by molar-refractivity contribution is 0.0156. The monoisotopic (exact) mass is 415 g/mol. The first-order valence-corrected chi connectivity index (χ1v) is 10.5. The van der Waals surface area contributed by atoms with Gasteiger partial charge in [-0.25, -0.2) is 14.8 Å². The number of aromatic nitrogens is 4. The lowest BCUT2D eigenvalue weighted by Crippen LogP contribution is -2.38. The van der Waals surface area contributed by atoms with Gasteiger partial charge >= 0.3 is 5.97 Å². The van der Waals surface area contributed by atoms with Crippen molar-refractivity contribution in [3.05, 3.63) is 24.3 Å². The summed E-state index contributed by atoms with van der Waals surface area (Å²) < 4.78 is 7.98. The van der Waals surface area contributed by atoms with Crippen LogP contribution in [0.1, 0.15) is 42.2 Å². The minimum absolute atomic E-state index is 0.0878. The number of likely N-dealkylation sites (tertiary alicyclic amines) is 1. The van der Waals surface area contributed by atoms with Crippen LogP contribution in [0.2, 0.25) is 0 Å². The molecule has 0 amide bonds. The third-order valence-electron chi connectivity index (χ3n) is 5.88. The van der Waals surface area contributed by atoms with Crippen molar-refractivity contribution in [2.45, 2.75) is 37.8 Å². The van der Waals surface area contributed by atoms with Crippen molar-refractivity contribution in [2.24, 2.45) is 0 Å². The summed E-state index contributed by atoms with van der Waals surface area (Å²) in [5.41, 5.74) is 6.55. The van der Waals surface area contributed by atoms with Crippen molar-refractivity contribution in [1.82, 2.24) is 30.0 Å². The Hall–Kier alpha value is -2.56. The topological polar surface area (TPSA) is 131 Å². The van der Waals surface area contributed by atoms with E-state index in [4.69, 9.17) is 10.5 Å². The highest BCUT2D eigenvalue weighted by atomic mass is 16.5. The van der Waals surface area contributed by atoms with E-state index in [-0.39, 0.29) is 11.5 Å². The van der Waals surface area contributed by atoms with E-state index in [0.717, 1.165) is 70.6 Å². The zero-order valence-corrected chi connectivity index (χ0v) is 17.0. The fourth-order valence-corrected chi connectivity index (χ4v) is 4.08. The molecule has 0 radical (unpaired) electrons. The SMILES string of the molecule is Nc1ncc(-c2cnn(C3CCN(CCOC4CCNCC4)CC3)c2)nc1C(=O)O. The molecule has 2 aromatic heterocycles. The van der Waals surface area contributed by atoms with Crippen molar-refractivity contribution in [3.63, 3.8) is 0 Å². The number of rotatable bonds is 7. The van der Waals surface area contributed by atoms with Gasteiger partial charge in [0.2, 0.25) is 0 Å². The summed E-state index contributed by atoms with van der Waals surface area (Å²) in [6.45, 7) is 5.91. The lowest BCUT2D eigenvalue weighted by Gasteiger charge is -2.32. The Balaban J connectivity index is 1.28. The molecule has 2 saturated heterocycles. The average molecular weight is 415 g/mol. The second-order valence-electron chi connectivity index (χ2n) is 7.90. The molecule has 10 nitrogen and oxygen atoms in total. The fourth-order valence-electron chi connectivity index (χ4n) is 4.08. The quantitative estimate of drug-likeness (QED) is 0.606. The number of nitrogens with two attached hydrogens (primary N) is 1. The van der Waals surface area contributed by atoms with Gasteiger partial charge in [0.15, 0.2) is 11.5 Å². The summed E-state index contributed by atoms with van der Waals surface area (Å²) in [5.74, 6) is -1.28. The largest absolute Gasteiger partial charge is 0.476 e. The number of ether oxygens (including phenoxy) is 1. The number of carboxylic acids is 1. The smallest absolute Gasteiger partial charge is 0.358 e. The van der Waals surface area contributed by atoms with E-state index < -0.39 is 5.97 Å². The molecule has 0 spiro atoms. The maximum atomic E-state index is 11.2. The predicted octanol–water partition coefficient (Wildman–Crippen LogP) is 1.03. The Morgan fingerprint density at radius 1 is 1.23 bits per heavy atom. The van der Waals surface area contributed by atoms with E-state index in [1.807, 2.05) is 10.9 Å². The Morgan fingerprint density at radius 3 is 2.73 bits per heavy atom. The molecule has 10 heteroatoms. The van der Waals surface area contributed by atoms with Gasteiger partial charge in [0.25, 0.3) is 0 Å². The first-order chi connectivity index (χ1) is 14.6. The number of anilines is 1. The molecule has 4 heterocycles. The summed E-state index contributed by atoms with van der Waals surface area (Å²) >= 11 is 0.